The number of aryl methyl sites for hydroxylation is 1. The summed E-state index contributed by atoms with van der Waals surface area (Å²) in [6.07, 6.45) is 5.20. The second kappa shape index (κ2) is 10.2. The molecule has 6 heteroatoms. The molecule has 1 fully saturated rings. The Morgan fingerprint density at radius 1 is 1.07 bits per heavy atom. The summed E-state index contributed by atoms with van der Waals surface area (Å²) in [4.78, 5) is 27.0. The quantitative estimate of drug-likeness (QED) is 0.568. The van der Waals surface area contributed by atoms with Gasteiger partial charge in [-0.2, -0.15) is 0 Å². The van der Waals surface area contributed by atoms with E-state index in [1.165, 1.54) is 6.08 Å². The molecule has 1 saturated heterocycles. The molecule has 30 heavy (non-hydrogen) atoms. The second-order valence-electron chi connectivity index (χ2n) is 7.71. The van der Waals surface area contributed by atoms with Crippen molar-refractivity contribution in [2.45, 2.75) is 26.7 Å². The lowest BCUT2D eigenvalue weighted by Crippen LogP contribution is -2.39. The van der Waals surface area contributed by atoms with Crippen LogP contribution in [0, 0.1) is 12.8 Å². The zero-order chi connectivity index (χ0) is 21.5. The minimum absolute atomic E-state index is 0.0154. The lowest BCUT2D eigenvalue weighted by atomic mass is 9.98. The van der Waals surface area contributed by atoms with Crippen molar-refractivity contribution in [3.05, 3.63) is 71.3 Å². The van der Waals surface area contributed by atoms with Crippen LogP contribution >= 0.6 is 12.2 Å². The molecule has 2 N–H and O–H groups in total. The molecule has 1 heterocycles. The summed E-state index contributed by atoms with van der Waals surface area (Å²) in [6.45, 7) is 5.75. The molecule has 0 atom stereocenters. The monoisotopic (exact) mass is 421 g/mol. The van der Waals surface area contributed by atoms with Crippen LogP contribution in [0.1, 0.15) is 41.3 Å². The van der Waals surface area contributed by atoms with Gasteiger partial charge in [-0.3, -0.25) is 14.9 Å². The second-order valence-corrected chi connectivity index (χ2v) is 8.12. The number of anilines is 1. The van der Waals surface area contributed by atoms with E-state index in [9.17, 15) is 9.59 Å². The fourth-order valence-electron chi connectivity index (χ4n) is 3.32. The molecule has 0 bridgehead atoms. The van der Waals surface area contributed by atoms with Crippen molar-refractivity contribution < 1.29 is 9.59 Å². The molecule has 2 aromatic rings. The van der Waals surface area contributed by atoms with Crippen LogP contribution in [0.5, 0.6) is 0 Å². The molecular formula is C24H27N3O2S. The van der Waals surface area contributed by atoms with Crippen molar-refractivity contribution >= 4 is 40.9 Å². The normalized spacial score (nSPS) is 14.5. The van der Waals surface area contributed by atoms with E-state index in [1.807, 2.05) is 48.2 Å². The number of piperidine rings is 1. The molecule has 0 radical (unpaired) electrons. The number of hydrogen-bond donors (Lipinski definition) is 2. The average molecular weight is 422 g/mol. The summed E-state index contributed by atoms with van der Waals surface area (Å²) in [5.74, 6) is 0.304. The molecule has 0 aliphatic carbocycles. The first-order chi connectivity index (χ1) is 14.4. The maximum atomic E-state index is 13.0. The Bertz CT molecular complexity index is 945. The number of nitrogens with one attached hydrogen (secondary N) is 2. The van der Waals surface area contributed by atoms with E-state index in [-0.39, 0.29) is 16.9 Å². The zero-order valence-corrected chi connectivity index (χ0v) is 18.2. The van der Waals surface area contributed by atoms with Gasteiger partial charge in [-0.05, 0) is 61.7 Å². The third-order valence-corrected chi connectivity index (χ3v) is 5.42. The van der Waals surface area contributed by atoms with E-state index < -0.39 is 0 Å². The molecule has 0 saturated carbocycles. The predicted octanol–water partition coefficient (Wildman–Crippen LogP) is 4.39. The fourth-order valence-corrected chi connectivity index (χ4v) is 3.53. The van der Waals surface area contributed by atoms with Crippen LogP contribution in [0.2, 0.25) is 0 Å². The summed E-state index contributed by atoms with van der Waals surface area (Å²) < 4.78 is 0. The van der Waals surface area contributed by atoms with Crippen LogP contribution in [0.15, 0.2) is 54.6 Å². The van der Waals surface area contributed by atoms with Crippen molar-refractivity contribution in [3.63, 3.8) is 0 Å². The Morgan fingerprint density at radius 2 is 1.73 bits per heavy atom. The number of nitrogens with zero attached hydrogens (tertiary/aromatic N) is 1. The highest BCUT2D eigenvalue weighted by Crippen LogP contribution is 2.22. The largest absolute Gasteiger partial charge is 0.339 e. The SMILES string of the molecule is Cc1ccc(C=CC(=O)NC(=S)Nc2ccccc2C(=O)N2CCC(C)CC2)cc1. The molecule has 5 nitrogen and oxygen atoms in total. The lowest BCUT2D eigenvalue weighted by molar-refractivity contribution is -0.115. The number of likely N-dealkylation sites (tertiary alicyclic amines) is 1. The van der Waals surface area contributed by atoms with Gasteiger partial charge in [0.2, 0.25) is 5.91 Å². The Balaban J connectivity index is 1.60. The highest BCUT2D eigenvalue weighted by atomic mass is 32.1. The van der Waals surface area contributed by atoms with Crippen molar-refractivity contribution in [1.29, 1.82) is 0 Å². The number of benzene rings is 2. The van der Waals surface area contributed by atoms with Crippen LogP contribution in [-0.4, -0.2) is 34.9 Å². The number of carbonyl (C=O) groups is 2. The molecule has 2 amide bonds. The molecule has 1 aliphatic rings. The Hall–Kier alpha value is -2.99. The predicted molar refractivity (Wildman–Crippen MR) is 125 cm³/mol. The smallest absolute Gasteiger partial charge is 0.255 e. The number of hydrogen-bond acceptors (Lipinski definition) is 3. The van der Waals surface area contributed by atoms with E-state index in [0.29, 0.717) is 17.2 Å². The first-order valence-electron chi connectivity index (χ1n) is 10.2. The van der Waals surface area contributed by atoms with Crippen LogP contribution in [0.25, 0.3) is 6.08 Å². The first-order valence-corrected chi connectivity index (χ1v) is 10.6. The first kappa shape index (κ1) is 21.7. The van der Waals surface area contributed by atoms with Gasteiger partial charge in [0.1, 0.15) is 0 Å². The highest BCUT2D eigenvalue weighted by Gasteiger charge is 2.23. The van der Waals surface area contributed by atoms with Gasteiger partial charge in [-0.25, -0.2) is 0 Å². The summed E-state index contributed by atoms with van der Waals surface area (Å²) >= 11 is 5.28. The average Bonchev–Trinajstić information content (AvgIpc) is 2.74. The molecular weight excluding hydrogens is 394 g/mol. The number of thiocarbonyl (C=S) groups is 1. The van der Waals surface area contributed by atoms with Crippen molar-refractivity contribution in [2.75, 3.05) is 18.4 Å². The Kier molecular flexibility index (Phi) is 7.36. The van der Waals surface area contributed by atoms with Gasteiger partial charge in [0, 0.05) is 19.2 Å². The van der Waals surface area contributed by atoms with E-state index in [4.69, 9.17) is 12.2 Å². The van der Waals surface area contributed by atoms with E-state index in [2.05, 4.69) is 17.6 Å². The van der Waals surface area contributed by atoms with E-state index in [1.54, 1.807) is 18.2 Å². The number of para-hydroxylation sites is 1. The van der Waals surface area contributed by atoms with Crippen molar-refractivity contribution in [1.82, 2.24) is 10.2 Å². The maximum absolute atomic E-state index is 13.0. The molecule has 0 aromatic heterocycles. The molecule has 1 aliphatic heterocycles. The minimum Gasteiger partial charge on any atom is -0.339 e. The molecule has 0 unspecified atom stereocenters. The van der Waals surface area contributed by atoms with E-state index >= 15 is 0 Å². The minimum atomic E-state index is -0.332. The zero-order valence-electron chi connectivity index (χ0n) is 17.4. The third kappa shape index (κ3) is 6.00. The third-order valence-electron chi connectivity index (χ3n) is 5.22. The summed E-state index contributed by atoms with van der Waals surface area (Å²) in [7, 11) is 0. The van der Waals surface area contributed by atoms with Gasteiger partial charge < -0.3 is 10.2 Å². The maximum Gasteiger partial charge on any atom is 0.255 e. The Morgan fingerprint density at radius 3 is 2.43 bits per heavy atom. The van der Waals surface area contributed by atoms with Gasteiger partial charge >= 0.3 is 0 Å². The molecule has 0 spiro atoms. The summed E-state index contributed by atoms with van der Waals surface area (Å²) in [5.41, 5.74) is 3.24. The molecule has 3 rings (SSSR count). The van der Waals surface area contributed by atoms with Gasteiger partial charge in [-0.15, -0.1) is 0 Å². The fraction of sp³-hybridized carbons (Fsp3) is 0.292. The van der Waals surface area contributed by atoms with Gasteiger partial charge in [-0.1, -0.05) is 48.9 Å². The molecule has 2 aromatic carbocycles. The summed E-state index contributed by atoms with van der Waals surface area (Å²) in [6, 6.07) is 15.1. The van der Waals surface area contributed by atoms with Crippen LogP contribution in [-0.2, 0) is 4.79 Å². The van der Waals surface area contributed by atoms with Crippen molar-refractivity contribution in [3.8, 4) is 0 Å². The lowest BCUT2D eigenvalue weighted by Gasteiger charge is -2.30. The summed E-state index contributed by atoms with van der Waals surface area (Å²) in [5, 5.41) is 5.78. The number of carbonyl (C=O) groups excluding carboxylic acids is 2. The number of amides is 2. The molecule has 156 valence electrons. The standard InChI is InChI=1S/C24H27N3O2S/c1-17-7-9-19(10-8-17)11-12-22(28)26-24(30)25-21-6-4-3-5-20(21)23(29)27-15-13-18(2)14-16-27/h3-12,18H,13-16H2,1-2H3,(H2,25,26,28,30). The van der Waals surface area contributed by atoms with Crippen LogP contribution in [0.4, 0.5) is 5.69 Å². The van der Waals surface area contributed by atoms with Gasteiger partial charge in [0.25, 0.3) is 5.91 Å². The van der Waals surface area contributed by atoms with Gasteiger partial charge in [0.05, 0.1) is 11.3 Å². The van der Waals surface area contributed by atoms with Gasteiger partial charge in [0.15, 0.2) is 5.11 Å². The van der Waals surface area contributed by atoms with Crippen molar-refractivity contribution in [2.24, 2.45) is 5.92 Å². The number of rotatable bonds is 4. The highest BCUT2D eigenvalue weighted by molar-refractivity contribution is 7.80. The van der Waals surface area contributed by atoms with Crippen LogP contribution in [0.3, 0.4) is 0 Å². The Labute approximate surface area is 183 Å². The topological polar surface area (TPSA) is 61.4 Å². The van der Waals surface area contributed by atoms with Crippen LogP contribution < -0.4 is 10.6 Å². The van der Waals surface area contributed by atoms with E-state index in [0.717, 1.165) is 37.1 Å².